The van der Waals surface area contributed by atoms with Gasteiger partial charge in [-0.2, -0.15) is 0 Å². The van der Waals surface area contributed by atoms with Gasteiger partial charge in [0.15, 0.2) is 0 Å². The van der Waals surface area contributed by atoms with E-state index in [2.05, 4.69) is 16.8 Å². The van der Waals surface area contributed by atoms with Gasteiger partial charge >= 0.3 is 0 Å². The predicted octanol–water partition coefficient (Wildman–Crippen LogP) is 2.71. The van der Waals surface area contributed by atoms with Crippen LogP contribution in [-0.2, 0) is 5.41 Å². The number of benzene rings is 2. The van der Waals surface area contributed by atoms with Crippen LogP contribution < -0.4 is 4.74 Å². The monoisotopic (exact) mass is 384 g/mol. The molecule has 0 saturated carbocycles. The van der Waals surface area contributed by atoms with E-state index in [0.29, 0.717) is 0 Å². The van der Waals surface area contributed by atoms with Gasteiger partial charge in [0.1, 0.15) is 11.5 Å². The number of likely N-dealkylation sites (N-methyl/N-ethyl adjacent to an activating group) is 1. The Labute approximate surface area is 168 Å². The van der Waals surface area contributed by atoms with Crippen LogP contribution in [0.1, 0.15) is 24.0 Å². The molecule has 1 unspecified atom stereocenters. The van der Waals surface area contributed by atoms with E-state index in [1.54, 1.807) is 13.2 Å². The highest BCUT2D eigenvalue weighted by atomic mass is 16.5. The number of aromatic hydroxyl groups is 1. The van der Waals surface area contributed by atoms with Crippen LogP contribution in [-0.4, -0.2) is 73.5 Å². The predicted molar refractivity (Wildman–Crippen MR) is 112 cm³/mol. The van der Waals surface area contributed by atoms with E-state index in [0.717, 1.165) is 62.4 Å². The molecule has 1 aliphatic rings. The summed E-state index contributed by atoms with van der Waals surface area (Å²) >= 11 is 0. The van der Waals surface area contributed by atoms with Crippen molar-refractivity contribution in [1.29, 1.82) is 0 Å². The van der Waals surface area contributed by atoms with Gasteiger partial charge in [0, 0.05) is 37.3 Å². The highest BCUT2D eigenvalue weighted by Gasteiger charge is 2.38. The Hall–Kier alpha value is -2.08. The van der Waals surface area contributed by atoms with Gasteiger partial charge in [-0.1, -0.05) is 36.4 Å². The van der Waals surface area contributed by atoms with Crippen molar-refractivity contribution in [3.63, 3.8) is 0 Å². The third-order valence-corrected chi connectivity index (χ3v) is 5.99. The first-order valence-corrected chi connectivity index (χ1v) is 10.0. The van der Waals surface area contributed by atoms with Crippen molar-refractivity contribution < 1.29 is 14.9 Å². The Morgan fingerprint density at radius 3 is 2.25 bits per heavy atom. The molecule has 2 N–H and O–H groups in total. The number of aliphatic hydroxyl groups is 1. The van der Waals surface area contributed by atoms with Crippen LogP contribution in [0.3, 0.4) is 0 Å². The molecule has 1 aliphatic heterocycles. The third kappa shape index (κ3) is 4.32. The first-order valence-electron chi connectivity index (χ1n) is 10.0. The second-order valence-corrected chi connectivity index (χ2v) is 7.71. The van der Waals surface area contributed by atoms with Gasteiger partial charge in [0.05, 0.1) is 19.1 Å². The maximum Gasteiger partial charge on any atom is 0.123 e. The zero-order chi connectivity index (χ0) is 20.0. The van der Waals surface area contributed by atoms with E-state index >= 15 is 0 Å². The number of rotatable bonds is 8. The molecule has 0 radical (unpaired) electrons. The number of phenolic OH excluding ortho intramolecular Hbond substituents is 1. The number of nitrogens with zero attached hydrogens (tertiary/aromatic N) is 2. The number of ether oxygens (including phenoxy) is 1. The molecule has 2 aromatic carbocycles. The molecule has 1 fully saturated rings. The summed E-state index contributed by atoms with van der Waals surface area (Å²) in [7, 11) is 3.81. The van der Waals surface area contributed by atoms with Crippen LogP contribution in [0.4, 0.5) is 0 Å². The fourth-order valence-corrected chi connectivity index (χ4v) is 4.26. The van der Waals surface area contributed by atoms with Gasteiger partial charge in [-0.15, -0.1) is 0 Å². The second kappa shape index (κ2) is 9.41. The lowest BCUT2D eigenvalue weighted by Crippen LogP contribution is -2.45. The number of hydrogen-bond donors (Lipinski definition) is 2. The fraction of sp³-hybridized carbons (Fsp3) is 0.478. The molecule has 0 spiro atoms. The van der Waals surface area contributed by atoms with Crippen molar-refractivity contribution in [2.24, 2.45) is 0 Å². The summed E-state index contributed by atoms with van der Waals surface area (Å²) in [6.45, 7) is 5.24. The van der Waals surface area contributed by atoms with E-state index in [4.69, 9.17) is 4.74 Å². The molecule has 0 amide bonds. The largest absolute Gasteiger partial charge is 0.508 e. The summed E-state index contributed by atoms with van der Waals surface area (Å²) in [5.74, 6) is 0.946. The topological polar surface area (TPSA) is 56.2 Å². The minimum absolute atomic E-state index is 0.0896. The highest BCUT2D eigenvalue weighted by molar-refractivity contribution is 5.51. The summed E-state index contributed by atoms with van der Waals surface area (Å²) in [5, 5.41) is 21.2. The summed E-state index contributed by atoms with van der Waals surface area (Å²) in [5.41, 5.74) is 0.963. The first-order chi connectivity index (χ1) is 13.6. The summed E-state index contributed by atoms with van der Waals surface area (Å²) < 4.78 is 5.61. The molecule has 5 nitrogen and oxygen atoms in total. The zero-order valence-electron chi connectivity index (χ0n) is 17.0. The molecule has 5 heteroatoms. The number of hydrogen-bond acceptors (Lipinski definition) is 5. The van der Waals surface area contributed by atoms with E-state index in [1.165, 1.54) is 0 Å². The van der Waals surface area contributed by atoms with Gasteiger partial charge in [0.2, 0.25) is 0 Å². The zero-order valence-corrected chi connectivity index (χ0v) is 17.0. The number of phenols is 1. The normalized spacial score (nSPS) is 18.0. The van der Waals surface area contributed by atoms with Crippen molar-refractivity contribution in [3.05, 3.63) is 59.7 Å². The molecule has 2 aromatic rings. The third-order valence-electron chi connectivity index (χ3n) is 5.99. The van der Waals surface area contributed by atoms with Crippen LogP contribution in [0.15, 0.2) is 48.5 Å². The summed E-state index contributed by atoms with van der Waals surface area (Å²) in [4.78, 5) is 4.83. The Morgan fingerprint density at radius 2 is 1.61 bits per heavy atom. The maximum atomic E-state index is 10.6. The Bertz CT molecular complexity index is 759. The summed E-state index contributed by atoms with van der Waals surface area (Å²) in [6.07, 6.45) is 1.66. The van der Waals surface area contributed by atoms with E-state index in [1.807, 2.05) is 42.5 Å². The SMILES string of the molecule is COc1ccccc1C(CO)(CCCN1CCN(C)CC1)c1ccccc1O. The number of piperazine rings is 1. The van der Waals surface area contributed by atoms with E-state index < -0.39 is 5.41 Å². The van der Waals surface area contributed by atoms with Crippen molar-refractivity contribution in [2.75, 3.05) is 53.5 Å². The molecule has 1 saturated heterocycles. The molecule has 1 heterocycles. The second-order valence-electron chi connectivity index (χ2n) is 7.71. The number of methoxy groups -OCH3 is 1. The van der Waals surface area contributed by atoms with Gasteiger partial charge < -0.3 is 24.7 Å². The molecular weight excluding hydrogens is 352 g/mol. The van der Waals surface area contributed by atoms with Crippen molar-refractivity contribution in [3.8, 4) is 11.5 Å². The van der Waals surface area contributed by atoms with E-state index in [-0.39, 0.29) is 12.4 Å². The lowest BCUT2D eigenvalue weighted by molar-refractivity contribution is 0.144. The van der Waals surface area contributed by atoms with Gasteiger partial charge in [-0.05, 0) is 38.6 Å². The van der Waals surface area contributed by atoms with Crippen LogP contribution in [0.2, 0.25) is 0 Å². The molecular formula is C23H32N2O3. The Morgan fingerprint density at radius 1 is 0.964 bits per heavy atom. The fourth-order valence-electron chi connectivity index (χ4n) is 4.26. The van der Waals surface area contributed by atoms with Gasteiger partial charge in [-0.3, -0.25) is 0 Å². The Kier molecular flexibility index (Phi) is 6.94. The van der Waals surface area contributed by atoms with Crippen molar-refractivity contribution in [2.45, 2.75) is 18.3 Å². The van der Waals surface area contributed by atoms with Crippen LogP contribution >= 0.6 is 0 Å². The smallest absolute Gasteiger partial charge is 0.123 e. The minimum Gasteiger partial charge on any atom is -0.508 e. The first kappa shape index (κ1) is 20.6. The van der Waals surface area contributed by atoms with E-state index in [9.17, 15) is 10.2 Å². The lowest BCUT2D eigenvalue weighted by atomic mass is 9.71. The average Bonchev–Trinajstić information content (AvgIpc) is 2.73. The molecule has 0 bridgehead atoms. The van der Waals surface area contributed by atoms with Crippen LogP contribution in [0.25, 0.3) is 0 Å². The highest BCUT2D eigenvalue weighted by Crippen LogP contribution is 2.44. The molecule has 28 heavy (non-hydrogen) atoms. The van der Waals surface area contributed by atoms with Crippen LogP contribution in [0, 0.1) is 0 Å². The maximum absolute atomic E-state index is 10.6. The van der Waals surface area contributed by atoms with Gasteiger partial charge in [0.25, 0.3) is 0 Å². The van der Waals surface area contributed by atoms with Crippen molar-refractivity contribution >= 4 is 0 Å². The molecule has 0 aromatic heterocycles. The van der Waals surface area contributed by atoms with Crippen LogP contribution in [0.5, 0.6) is 11.5 Å². The Balaban J connectivity index is 1.89. The quantitative estimate of drug-likeness (QED) is 0.733. The molecule has 0 aliphatic carbocycles. The number of aliphatic hydroxyl groups excluding tert-OH is 1. The number of para-hydroxylation sites is 2. The molecule has 3 rings (SSSR count). The molecule has 1 atom stereocenters. The lowest BCUT2D eigenvalue weighted by Gasteiger charge is -2.36. The average molecular weight is 385 g/mol. The minimum atomic E-state index is -0.704. The standard InChI is InChI=1S/C23H32N2O3/c1-24-14-16-25(17-15-24)13-7-12-23(18-26,19-8-3-5-10-21(19)27)20-9-4-6-11-22(20)28-2/h3-6,8-11,26-27H,7,12-18H2,1-2H3. The molecule has 152 valence electrons. The van der Waals surface area contributed by atoms with Gasteiger partial charge in [-0.25, -0.2) is 0 Å². The van der Waals surface area contributed by atoms with Crippen molar-refractivity contribution in [1.82, 2.24) is 9.80 Å². The summed E-state index contributed by atoms with van der Waals surface area (Å²) in [6, 6.07) is 15.1.